The summed E-state index contributed by atoms with van der Waals surface area (Å²) in [5, 5.41) is 0. The predicted octanol–water partition coefficient (Wildman–Crippen LogP) is 0.566. The SMILES string of the molecule is O=CN1CCCC1=S. The van der Waals surface area contributed by atoms with Gasteiger partial charge in [-0.25, -0.2) is 0 Å². The number of nitrogens with zero attached hydrogens (tertiary/aromatic N) is 1. The number of carbonyl (C=O) groups excluding carboxylic acids is 1. The molecule has 2 nitrogen and oxygen atoms in total. The van der Waals surface area contributed by atoms with Crippen LogP contribution in [0, 0.1) is 0 Å². The van der Waals surface area contributed by atoms with Gasteiger partial charge in [0.15, 0.2) is 0 Å². The number of carbonyl (C=O) groups is 1. The molecular weight excluding hydrogens is 122 g/mol. The molecule has 3 heteroatoms. The molecule has 1 fully saturated rings. The van der Waals surface area contributed by atoms with E-state index in [1.54, 1.807) is 4.90 Å². The van der Waals surface area contributed by atoms with Gasteiger partial charge >= 0.3 is 0 Å². The van der Waals surface area contributed by atoms with Gasteiger partial charge in [-0.1, -0.05) is 12.2 Å². The van der Waals surface area contributed by atoms with Crippen molar-refractivity contribution in [2.24, 2.45) is 0 Å². The van der Waals surface area contributed by atoms with Gasteiger partial charge in [0, 0.05) is 13.0 Å². The Morgan fingerprint density at radius 3 is 2.75 bits per heavy atom. The maximum absolute atomic E-state index is 10.1. The van der Waals surface area contributed by atoms with E-state index in [4.69, 9.17) is 12.2 Å². The van der Waals surface area contributed by atoms with Crippen LogP contribution in [0.4, 0.5) is 0 Å². The van der Waals surface area contributed by atoms with Crippen molar-refractivity contribution in [2.75, 3.05) is 6.54 Å². The van der Waals surface area contributed by atoms with Gasteiger partial charge < -0.3 is 4.90 Å². The van der Waals surface area contributed by atoms with Crippen LogP contribution in [0.5, 0.6) is 0 Å². The average Bonchev–Trinajstić information content (AvgIpc) is 2.14. The molecule has 0 aliphatic carbocycles. The first-order valence-electron chi connectivity index (χ1n) is 2.59. The zero-order valence-corrected chi connectivity index (χ0v) is 5.28. The van der Waals surface area contributed by atoms with Crippen LogP contribution >= 0.6 is 12.2 Å². The average molecular weight is 129 g/mol. The lowest BCUT2D eigenvalue weighted by Gasteiger charge is -2.04. The number of thiocarbonyl (C=S) groups is 1. The Morgan fingerprint density at radius 2 is 2.50 bits per heavy atom. The molecule has 1 amide bonds. The van der Waals surface area contributed by atoms with Crippen molar-refractivity contribution in [3.8, 4) is 0 Å². The predicted molar refractivity (Wildman–Crippen MR) is 34.6 cm³/mol. The van der Waals surface area contributed by atoms with Crippen LogP contribution in [-0.4, -0.2) is 22.8 Å². The highest BCUT2D eigenvalue weighted by molar-refractivity contribution is 7.80. The van der Waals surface area contributed by atoms with E-state index in [9.17, 15) is 4.79 Å². The van der Waals surface area contributed by atoms with Crippen LogP contribution in [-0.2, 0) is 4.79 Å². The van der Waals surface area contributed by atoms with Crippen LogP contribution in [0.15, 0.2) is 0 Å². The summed E-state index contributed by atoms with van der Waals surface area (Å²) in [6, 6.07) is 0. The Bertz CT molecular complexity index is 124. The molecule has 1 heterocycles. The number of rotatable bonds is 1. The fourth-order valence-electron chi connectivity index (χ4n) is 0.780. The lowest BCUT2D eigenvalue weighted by molar-refractivity contribution is -0.114. The van der Waals surface area contributed by atoms with Crippen LogP contribution in [0.1, 0.15) is 12.8 Å². The molecule has 0 aromatic rings. The molecule has 0 unspecified atom stereocenters. The smallest absolute Gasteiger partial charge is 0.214 e. The normalized spacial score (nSPS) is 19.5. The van der Waals surface area contributed by atoms with Gasteiger partial charge in [-0.3, -0.25) is 4.79 Å². The number of hydrogen-bond donors (Lipinski definition) is 0. The minimum atomic E-state index is 0.792. The van der Waals surface area contributed by atoms with Crippen molar-refractivity contribution >= 4 is 23.6 Å². The molecule has 0 aromatic carbocycles. The van der Waals surface area contributed by atoms with E-state index in [2.05, 4.69) is 0 Å². The molecule has 1 aliphatic rings. The van der Waals surface area contributed by atoms with Crippen molar-refractivity contribution in [3.63, 3.8) is 0 Å². The van der Waals surface area contributed by atoms with Crippen molar-refractivity contribution in [2.45, 2.75) is 12.8 Å². The highest BCUT2D eigenvalue weighted by Gasteiger charge is 2.14. The monoisotopic (exact) mass is 129 g/mol. The third kappa shape index (κ3) is 0.865. The molecule has 0 N–H and O–H groups in total. The second-order valence-corrected chi connectivity index (χ2v) is 2.27. The molecule has 1 rings (SSSR count). The largest absolute Gasteiger partial charge is 0.309 e. The van der Waals surface area contributed by atoms with Gasteiger partial charge in [0.2, 0.25) is 6.41 Å². The van der Waals surface area contributed by atoms with E-state index in [1.165, 1.54) is 0 Å². The lowest BCUT2D eigenvalue weighted by atomic mass is 10.4. The van der Waals surface area contributed by atoms with E-state index in [0.29, 0.717) is 0 Å². The summed E-state index contributed by atoms with van der Waals surface area (Å²) in [6.45, 7) is 0.822. The highest BCUT2D eigenvalue weighted by Crippen LogP contribution is 2.07. The second-order valence-electron chi connectivity index (χ2n) is 1.80. The van der Waals surface area contributed by atoms with Crippen LogP contribution < -0.4 is 0 Å². The number of hydrogen-bond acceptors (Lipinski definition) is 2. The Morgan fingerprint density at radius 1 is 1.75 bits per heavy atom. The standard InChI is InChI=1S/C5H7NOS/c7-4-6-3-1-2-5(6)8/h4H,1-3H2. The van der Waals surface area contributed by atoms with E-state index < -0.39 is 0 Å². The van der Waals surface area contributed by atoms with Gasteiger partial charge in [-0.15, -0.1) is 0 Å². The topological polar surface area (TPSA) is 20.3 Å². The minimum absolute atomic E-state index is 0.792. The maximum atomic E-state index is 10.1. The molecule has 0 spiro atoms. The molecule has 44 valence electrons. The summed E-state index contributed by atoms with van der Waals surface area (Å²) in [6.07, 6.45) is 2.75. The maximum Gasteiger partial charge on any atom is 0.214 e. The van der Waals surface area contributed by atoms with Crippen LogP contribution in [0.25, 0.3) is 0 Å². The fraction of sp³-hybridized carbons (Fsp3) is 0.600. The van der Waals surface area contributed by atoms with Crippen LogP contribution in [0.2, 0.25) is 0 Å². The van der Waals surface area contributed by atoms with Gasteiger partial charge in [-0.2, -0.15) is 0 Å². The molecule has 1 aliphatic heterocycles. The molecule has 0 saturated carbocycles. The highest BCUT2D eigenvalue weighted by atomic mass is 32.1. The Hall–Kier alpha value is -0.440. The molecule has 8 heavy (non-hydrogen) atoms. The fourth-order valence-corrected chi connectivity index (χ4v) is 1.06. The van der Waals surface area contributed by atoms with Gasteiger partial charge in [0.05, 0.1) is 4.99 Å². The molecule has 0 radical (unpaired) electrons. The number of amides is 1. The number of likely N-dealkylation sites (tertiary alicyclic amines) is 1. The Kier molecular flexibility index (Phi) is 1.58. The van der Waals surface area contributed by atoms with Gasteiger partial charge in [0.25, 0.3) is 0 Å². The summed E-state index contributed by atoms with van der Waals surface area (Å²) in [5.74, 6) is 0. The van der Waals surface area contributed by atoms with E-state index in [0.717, 1.165) is 30.8 Å². The van der Waals surface area contributed by atoms with Gasteiger partial charge in [0.1, 0.15) is 0 Å². The third-order valence-corrected chi connectivity index (χ3v) is 1.68. The lowest BCUT2D eigenvalue weighted by Crippen LogP contribution is -2.20. The van der Waals surface area contributed by atoms with Crippen molar-refractivity contribution < 1.29 is 4.79 Å². The molecule has 1 saturated heterocycles. The van der Waals surface area contributed by atoms with E-state index in [1.807, 2.05) is 0 Å². The first-order chi connectivity index (χ1) is 3.84. The first-order valence-corrected chi connectivity index (χ1v) is 3.00. The summed E-state index contributed by atoms with van der Waals surface area (Å²) >= 11 is 4.83. The molecule has 0 aromatic heterocycles. The summed E-state index contributed by atoms with van der Waals surface area (Å²) in [5.41, 5.74) is 0. The van der Waals surface area contributed by atoms with Crippen LogP contribution in [0.3, 0.4) is 0 Å². The van der Waals surface area contributed by atoms with E-state index >= 15 is 0 Å². The van der Waals surface area contributed by atoms with Crippen molar-refractivity contribution in [1.82, 2.24) is 4.90 Å². The van der Waals surface area contributed by atoms with Crippen molar-refractivity contribution in [1.29, 1.82) is 0 Å². The summed E-state index contributed by atoms with van der Waals surface area (Å²) in [7, 11) is 0. The summed E-state index contributed by atoms with van der Waals surface area (Å²) < 4.78 is 0. The zero-order valence-electron chi connectivity index (χ0n) is 4.46. The van der Waals surface area contributed by atoms with E-state index in [-0.39, 0.29) is 0 Å². The minimum Gasteiger partial charge on any atom is -0.309 e. The third-order valence-electron chi connectivity index (χ3n) is 1.24. The summed E-state index contributed by atoms with van der Waals surface area (Å²) in [4.78, 5) is 12.4. The Balaban J connectivity index is 2.54. The molecule has 0 atom stereocenters. The molecular formula is C5H7NOS. The molecule has 0 bridgehead atoms. The van der Waals surface area contributed by atoms with Crippen molar-refractivity contribution in [3.05, 3.63) is 0 Å². The van der Waals surface area contributed by atoms with Gasteiger partial charge in [-0.05, 0) is 6.42 Å². The quantitative estimate of drug-likeness (QED) is 0.381. The Labute approximate surface area is 53.5 Å². The zero-order chi connectivity index (χ0) is 5.98. The second kappa shape index (κ2) is 2.22. The first kappa shape index (κ1) is 5.69.